The first-order valence-electron chi connectivity index (χ1n) is 29.6. The maximum atomic E-state index is 13.2. The second-order valence-corrected chi connectivity index (χ2v) is 21.1. The molecule has 2 aliphatic rings. The molecule has 0 bridgehead atoms. The first kappa shape index (κ1) is 66.6. The molecule has 14 heteroatoms. The van der Waals surface area contributed by atoms with Gasteiger partial charge in [0.15, 0.2) is 12.6 Å². The SMILES string of the molecule is CCCCCCC/C=C\C/C=C\CCCCCCCCCCCCCCCCCCCC(=O)NC(COC1OC(CO)C(OC2OC(CO)C(O)C(O)C2O)C(O)C1O)C(O)CCCCCCCCCCC. The standard InChI is InChI=1S/C58H109NO13/c1-3-5-7-9-11-13-14-15-16-17-18-19-20-21-22-23-24-25-26-27-28-29-30-31-32-34-36-38-40-42-50(63)59-46(47(62)41-39-37-35-33-12-10-8-6-4-2)45-69-57-55(68)53(66)56(49(44-61)71-57)72-58-54(67)52(65)51(64)48(43-60)70-58/h14-15,17-18,46-49,51-58,60-62,64-68H,3-13,16,19-45H2,1-2H3,(H,59,63)/b15-14-,18-17-. The Balaban J connectivity index is 1.63. The lowest BCUT2D eigenvalue weighted by Crippen LogP contribution is -2.65. The fourth-order valence-corrected chi connectivity index (χ4v) is 9.86. The van der Waals surface area contributed by atoms with E-state index in [0.717, 1.165) is 57.8 Å². The lowest BCUT2D eigenvalue weighted by Gasteiger charge is -2.46. The van der Waals surface area contributed by atoms with Crippen LogP contribution >= 0.6 is 0 Å². The van der Waals surface area contributed by atoms with Gasteiger partial charge < -0.3 is 65.1 Å². The number of ether oxygens (including phenoxy) is 4. The third-order valence-corrected chi connectivity index (χ3v) is 14.7. The second-order valence-electron chi connectivity index (χ2n) is 21.1. The van der Waals surface area contributed by atoms with Crippen LogP contribution in [-0.2, 0) is 23.7 Å². The van der Waals surface area contributed by atoms with Gasteiger partial charge in [-0.05, 0) is 44.9 Å². The number of amides is 1. The fourth-order valence-electron chi connectivity index (χ4n) is 9.86. The van der Waals surface area contributed by atoms with Crippen LogP contribution in [0.4, 0.5) is 0 Å². The van der Waals surface area contributed by atoms with Gasteiger partial charge in [0.05, 0.1) is 32.0 Å². The molecule has 0 aliphatic carbocycles. The summed E-state index contributed by atoms with van der Waals surface area (Å²) in [7, 11) is 0. The number of hydrogen-bond donors (Lipinski definition) is 9. The number of allylic oxidation sites excluding steroid dienone is 4. The van der Waals surface area contributed by atoms with Gasteiger partial charge in [-0.1, -0.05) is 218 Å². The van der Waals surface area contributed by atoms with Crippen molar-refractivity contribution in [2.45, 2.75) is 319 Å². The molecular formula is C58H109NO13. The number of hydrogen-bond acceptors (Lipinski definition) is 13. The topological polar surface area (TPSA) is 228 Å². The van der Waals surface area contributed by atoms with Crippen LogP contribution < -0.4 is 5.32 Å². The van der Waals surface area contributed by atoms with Crippen LogP contribution in [0.3, 0.4) is 0 Å². The summed E-state index contributed by atoms with van der Waals surface area (Å²) >= 11 is 0. The van der Waals surface area contributed by atoms with Gasteiger partial charge in [-0.15, -0.1) is 0 Å². The van der Waals surface area contributed by atoms with E-state index in [9.17, 15) is 45.6 Å². The molecule has 9 N–H and O–H groups in total. The first-order valence-corrected chi connectivity index (χ1v) is 29.6. The summed E-state index contributed by atoms with van der Waals surface area (Å²) in [5.41, 5.74) is 0. The highest BCUT2D eigenvalue weighted by atomic mass is 16.7. The maximum absolute atomic E-state index is 13.2. The van der Waals surface area contributed by atoms with Crippen LogP contribution in [0.25, 0.3) is 0 Å². The average molecular weight is 1030 g/mol. The predicted molar refractivity (Wildman–Crippen MR) is 286 cm³/mol. The molecule has 2 heterocycles. The van der Waals surface area contributed by atoms with Crippen molar-refractivity contribution < 1.29 is 64.6 Å². The molecule has 2 fully saturated rings. The average Bonchev–Trinajstić information content (AvgIpc) is 3.38. The van der Waals surface area contributed by atoms with E-state index in [0.29, 0.717) is 12.8 Å². The van der Waals surface area contributed by atoms with E-state index in [2.05, 4.69) is 43.5 Å². The Morgan fingerprint density at radius 3 is 1.39 bits per heavy atom. The van der Waals surface area contributed by atoms with Crippen molar-refractivity contribution in [3.05, 3.63) is 24.3 Å². The van der Waals surface area contributed by atoms with E-state index in [1.54, 1.807) is 0 Å². The lowest BCUT2D eigenvalue weighted by molar-refractivity contribution is -0.359. The highest BCUT2D eigenvalue weighted by Crippen LogP contribution is 2.30. The molecule has 0 radical (unpaired) electrons. The molecular weight excluding hydrogens is 919 g/mol. The second kappa shape index (κ2) is 44.6. The Hall–Kier alpha value is -1.53. The van der Waals surface area contributed by atoms with Crippen LogP contribution in [0.15, 0.2) is 24.3 Å². The summed E-state index contributed by atoms with van der Waals surface area (Å²) in [5.74, 6) is -0.206. The van der Waals surface area contributed by atoms with Crippen LogP contribution in [0.2, 0.25) is 0 Å². The van der Waals surface area contributed by atoms with Gasteiger partial charge >= 0.3 is 0 Å². The number of aliphatic hydroxyl groups excluding tert-OH is 8. The molecule has 14 nitrogen and oxygen atoms in total. The minimum atomic E-state index is -1.78. The summed E-state index contributed by atoms with van der Waals surface area (Å²) in [6.07, 6.45) is 35.0. The third-order valence-electron chi connectivity index (χ3n) is 14.7. The normalized spacial score (nSPS) is 25.7. The van der Waals surface area contributed by atoms with Gasteiger partial charge in [0.1, 0.15) is 48.8 Å². The molecule has 12 atom stereocenters. The largest absolute Gasteiger partial charge is 0.394 e. The quantitative estimate of drug-likeness (QED) is 0.0205. The number of aliphatic hydroxyl groups is 8. The summed E-state index contributed by atoms with van der Waals surface area (Å²) < 4.78 is 22.8. The molecule has 0 aromatic rings. The monoisotopic (exact) mass is 1030 g/mol. The fraction of sp³-hybridized carbons (Fsp3) is 0.914. The Morgan fingerprint density at radius 2 is 0.917 bits per heavy atom. The molecule has 0 aromatic carbocycles. The van der Waals surface area contributed by atoms with Crippen LogP contribution in [0.1, 0.15) is 245 Å². The highest BCUT2D eigenvalue weighted by Gasteiger charge is 2.51. The Bertz CT molecular complexity index is 1300. The van der Waals surface area contributed by atoms with E-state index in [4.69, 9.17) is 18.9 Å². The maximum Gasteiger partial charge on any atom is 0.220 e. The van der Waals surface area contributed by atoms with Crippen molar-refractivity contribution in [2.24, 2.45) is 0 Å². The molecule has 0 saturated carbocycles. The summed E-state index contributed by atoms with van der Waals surface area (Å²) in [4.78, 5) is 13.2. The molecule has 2 rings (SSSR count). The van der Waals surface area contributed by atoms with E-state index < -0.39 is 86.8 Å². The van der Waals surface area contributed by atoms with Crippen molar-refractivity contribution in [2.75, 3.05) is 19.8 Å². The van der Waals surface area contributed by atoms with Crippen LogP contribution in [0, 0.1) is 0 Å². The highest BCUT2D eigenvalue weighted by molar-refractivity contribution is 5.76. The Kier molecular flexibility index (Phi) is 41.2. The van der Waals surface area contributed by atoms with Crippen LogP contribution in [-0.4, -0.2) is 140 Å². The van der Waals surface area contributed by atoms with Gasteiger partial charge in [-0.25, -0.2) is 0 Å². The zero-order valence-electron chi connectivity index (χ0n) is 45.4. The van der Waals surface area contributed by atoms with Crippen molar-refractivity contribution in [3.63, 3.8) is 0 Å². The number of carbonyl (C=O) groups excluding carboxylic acids is 1. The van der Waals surface area contributed by atoms with Gasteiger partial charge in [0, 0.05) is 6.42 Å². The van der Waals surface area contributed by atoms with Gasteiger partial charge in [0.2, 0.25) is 5.91 Å². The molecule has 12 unspecified atom stereocenters. The van der Waals surface area contributed by atoms with E-state index >= 15 is 0 Å². The Labute approximate surface area is 437 Å². The molecule has 72 heavy (non-hydrogen) atoms. The number of carbonyl (C=O) groups is 1. The molecule has 424 valence electrons. The molecule has 1 amide bonds. The summed E-state index contributed by atoms with van der Waals surface area (Å²) in [6, 6.07) is -0.824. The van der Waals surface area contributed by atoms with Crippen molar-refractivity contribution in [1.82, 2.24) is 5.32 Å². The van der Waals surface area contributed by atoms with Gasteiger partial charge in [-0.3, -0.25) is 4.79 Å². The van der Waals surface area contributed by atoms with E-state index in [-0.39, 0.29) is 12.5 Å². The van der Waals surface area contributed by atoms with Crippen molar-refractivity contribution in [1.29, 1.82) is 0 Å². The molecule has 2 saturated heterocycles. The van der Waals surface area contributed by atoms with Gasteiger partial charge in [-0.2, -0.15) is 0 Å². The third kappa shape index (κ3) is 30.3. The number of nitrogens with one attached hydrogen (secondary N) is 1. The van der Waals surface area contributed by atoms with Gasteiger partial charge in [0.25, 0.3) is 0 Å². The minimum absolute atomic E-state index is 0.206. The minimum Gasteiger partial charge on any atom is -0.394 e. The van der Waals surface area contributed by atoms with E-state index in [1.165, 1.54) is 161 Å². The summed E-state index contributed by atoms with van der Waals surface area (Å²) in [5, 5.41) is 86.9. The predicted octanol–water partition coefficient (Wildman–Crippen LogP) is 9.67. The number of unbranched alkanes of at least 4 members (excludes halogenated alkanes) is 30. The molecule has 0 aromatic heterocycles. The molecule has 2 aliphatic heterocycles. The van der Waals surface area contributed by atoms with Crippen molar-refractivity contribution >= 4 is 5.91 Å². The van der Waals surface area contributed by atoms with Crippen LogP contribution in [0.5, 0.6) is 0 Å². The molecule has 0 spiro atoms. The van der Waals surface area contributed by atoms with E-state index in [1.807, 2.05) is 0 Å². The zero-order chi connectivity index (χ0) is 52.4. The lowest BCUT2D eigenvalue weighted by atomic mass is 9.97. The van der Waals surface area contributed by atoms with Crippen molar-refractivity contribution in [3.8, 4) is 0 Å². The number of rotatable bonds is 47. The smallest absolute Gasteiger partial charge is 0.220 e. The Morgan fingerprint density at radius 1 is 0.500 bits per heavy atom. The zero-order valence-corrected chi connectivity index (χ0v) is 45.4. The first-order chi connectivity index (χ1) is 35.1. The summed E-state index contributed by atoms with van der Waals surface area (Å²) in [6.45, 7) is 2.83.